The summed E-state index contributed by atoms with van der Waals surface area (Å²) in [5, 5.41) is 0. The second kappa shape index (κ2) is 3.92. The van der Waals surface area contributed by atoms with Gasteiger partial charge in [-0.05, 0) is 25.0 Å². The molecule has 2 heterocycles. The average Bonchev–Trinajstić information content (AvgIpc) is 2.20. The zero-order valence-corrected chi connectivity index (χ0v) is 9.40. The lowest BCUT2D eigenvalue weighted by atomic mass is 10.2. The Labute approximate surface area is 93.3 Å². The van der Waals surface area contributed by atoms with Crippen LogP contribution in [-0.4, -0.2) is 14.5 Å². The maximum Gasteiger partial charge on any atom is 0.284 e. The molecule has 0 aromatic heterocycles. The van der Waals surface area contributed by atoms with Crippen molar-refractivity contribution in [3.8, 4) is 11.4 Å². The summed E-state index contributed by atoms with van der Waals surface area (Å²) in [6.07, 6.45) is 2.94. The smallest absolute Gasteiger partial charge is 0.284 e. The van der Waals surface area contributed by atoms with Gasteiger partial charge in [-0.2, -0.15) is 9.97 Å². The molecule has 0 bridgehead atoms. The summed E-state index contributed by atoms with van der Waals surface area (Å²) in [4.78, 5) is 19.4. The zero-order chi connectivity index (χ0) is 11.7. The van der Waals surface area contributed by atoms with Crippen LogP contribution in [0.25, 0.3) is 11.4 Å². The largest absolute Gasteiger partial charge is 0.368 e. The fraction of sp³-hybridized carbons (Fsp3) is 0.364. The van der Waals surface area contributed by atoms with Gasteiger partial charge < -0.3 is 10.3 Å². The third-order valence-electron chi connectivity index (χ3n) is 2.38. The summed E-state index contributed by atoms with van der Waals surface area (Å²) >= 11 is 0. The van der Waals surface area contributed by atoms with Crippen LogP contribution >= 0.6 is 0 Å². The van der Waals surface area contributed by atoms with Gasteiger partial charge in [-0.25, -0.2) is 0 Å². The molecule has 2 aliphatic heterocycles. The third kappa shape index (κ3) is 1.76. The molecule has 5 heteroatoms. The maximum absolute atomic E-state index is 11.7. The first-order valence-corrected chi connectivity index (χ1v) is 5.26. The highest BCUT2D eigenvalue weighted by Gasteiger charge is 2.14. The van der Waals surface area contributed by atoms with Gasteiger partial charge in [-0.3, -0.25) is 4.79 Å². The summed E-state index contributed by atoms with van der Waals surface area (Å²) in [5.41, 5.74) is 6.73. The molecular formula is C11H14N4O. The molecule has 84 valence electrons. The van der Waals surface area contributed by atoms with E-state index in [4.69, 9.17) is 5.73 Å². The van der Waals surface area contributed by atoms with E-state index in [1.807, 2.05) is 17.7 Å². The molecule has 0 saturated carbocycles. The molecular weight excluding hydrogens is 204 g/mol. The molecule has 16 heavy (non-hydrogen) atoms. The summed E-state index contributed by atoms with van der Waals surface area (Å²) in [6, 6.07) is 1.79. The van der Waals surface area contributed by atoms with Gasteiger partial charge in [0.15, 0.2) is 0 Å². The summed E-state index contributed by atoms with van der Waals surface area (Å²) < 4.78 is 1.95. The number of hydrogen-bond acceptors (Lipinski definition) is 4. The van der Waals surface area contributed by atoms with Gasteiger partial charge >= 0.3 is 0 Å². The fourth-order valence-corrected chi connectivity index (χ4v) is 1.78. The van der Waals surface area contributed by atoms with E-state index in [-0.39, 0.29) is 11.5 Å². The van der Waals surface area contributed by atoms with Gasteiger partial charge in [-0.15, -0.1) is 0 Å². The Morgan fingerprint density at radius 2 is 2.19 bits per heavy atom. The van der Waals surface area contributed by atoms with Gasteiger partial charge in [0.1, 0.15) is 5.82 Å². The van der Waals surface area contributed by atoms with E-state index in [2.05, 4.69) is 16.9 Å². The topological polar surface area (TPSA) is 73.8 Å². The number of hydrogen-bond donors (Lipinski definition) is 1. The first-order valence-electron chi connectivity index (χ1n) is 5.26. The van der Waals surface area contributed by atoms with Crippen molar-refractivity contribution < 1.29 is 0 Å². The standard InChI is InChI=1S/C11H14N4O/c1-3-4-15-6-7(2)5-8-9(15)13-11(12)14-10(8)16/h5-6H,3-4H2,1-2H3,(H2,12,14,16). The van der Waals surface area contributed by atoms with Crippen LogP contribution in [0.15, 0.2) is 17.1 Å². The molecule has 2 N–H and O–H groups in total. The number of nitrogen functional groups attached to an aromatic ring is 1. The third-order valence-corrected chi connectivity index (χ3v) is 2.38. The number of nitrogens with zero attached hydrogens (tertiary/aromatic N) is 3. The van der Waals surface area contributed by atoms with E-state index in [1.54, 1.807) is 6.07 Å². The molecule has 5 nitrogen and oxygen atoms in total. The van der Waals surface area contributed by atoms with E-state index in [0.717, 1.165) is 18.5 Å². The highest BCUT2D eigenvalue weighted by atomic mass is 16.1. The minimum Gasteiger partial charge on any atom is -0.368 e. The predicted octanol–water partition coefficient (Wildman–Crippen LogP) is 1.04. The van der Waals surface area contributed by atoms with Gasteiger partial charge in [-0.1, -0.05) is 6.92 Å². The summed E-state index contributed by atoms with van der Waals surface area (Å²) in [7, 11) is 0. The minimum absolute atomic E-state index is 0.0335. The van der Waals surface area contributed by atoms with Crippen LogP contribution < -0.4 is 11.3 Å². The Kier molecular flexibility index (Phi) is 2.60. The molecule has 0 aromatic rings. The van der Waals surface area contributed by atoms with Gasteiger partial charge in [0, 0.05) is 12.7 Å². The van der Waals surface area contributed by atoms with Crippen molar-refractivity contribution in [2.24, 2.45) is 0 Å². The number of aromatic nitrogens is 3. The number of anilines is 1. The monoisotopic (exact) mass is 218 g/mol. The fourth-order valence-electron chi connectivity index (χ4n) is 1.78. The van der Waals surface area contributed by atoms with Gasteiger partial charge in [0.25, 0.3) is 5.56 Å². The number of fused-ring (bicyclic) bond motifs is 1. The SMILES string of the molecule is CCCn1cc(C)cc2c(=O)nc(N)nc1-2. The Hall–Kier alpha value is -1.91. The first kappa shape index (κ1) is 10.6. The average molecular weight is 218 g/mol. The van der Waals surface area contributed by atoms with E-state index >= 15 is 0 Å². The van der Waals surface area contributed by atoms with E-state index < -0.39 is 0 Å². The molecule has 0 spiro atoms. The van der Waals surface area contributed by atoms with E-state index in [1.165, 1.54) is 0 Å². The maximum atomic E-state index is 11.7. The lowest BCUT2D eigenvalue weighted by Crippen LogP contribution is -2.19. The van der Waals surface area contributed by atoms with E-state index in [9.17, 15) is 4.79 Å². The van der Waals surface area contributed by atoms with Crippen LogP contribution in [-0.2, 0) is 6.54 Å². The Morgan fingerprint density at radius 1 is 1.44 bits per heavy atom. The molecule has 0 fully saturated rings. The van der Waals surface area contributed by atoms with Gasteiger partial charge in [0.2, 0.25) is 5.95 Å². The van der Waals surface area contributed by atoms with Crippen molar-refractivity contribution >= 4 is 5.95 Å². The Morgan fingerprint density at radius 3 is 2.88 bits per heavy atom. The quantitative estimate of drug-likeness (QED) is 0.817. The van der Waals surface area contributed by atoms with Gasteiger partial charge in [0.05, 0.1) is 5.56 Å². The number of pyridine rings is 1. The Balaban J connectivity index is 2.76. The van der Waals surface area contributed by atoms with Crippen molar-refractivity contribution in [3.05, 3.63) is 28.2 Å². The van der Waals surface area contributed by atoms with Crippen molar-refractivity contribution in [2.45, 2.75) is 26.8 Å². The first-order chi connectivity index (χ1) is 7.61. The molecule has 0 aromatic carbocycles. The highest BCUT2D eigenvalue weighted by Crippen LogP contribution is 2.17. The van der Waals surface area contributed by atoms with Crippen molar-refractivity contribution in [2.75, 3.05) is 5.73 Å². The lowest BCUT2D eigenvalue weighted by Gasteiger charge is -2.14. The molecule has 0 unspecified atom stereocenters. The molecule has 0 saturated heterocycles. The molecule has 0 radical (unpaired) electrons. The second-order valence-electron chi connectivity index (χ2n) is 3.84. The predicted molar refractivity (Wildman–Crippen MR) is 62.4 cm³/mol. The molecule has 0 amide bonds. The number of aryl methyl sites for hydroxylation is 2. The Bertz CT molecular complexity index is 547. The molecule has 2 rings (SSSR count). The van der Waals surface area contributed by atoms with Crippen LogP contribution in [0.1, 0.15) is 18.9 Å². The van der Waals surface area contributed by atoms with E-state index in [0.29, 0.717) is 11.4 Å². The zero-order valence-electron chi connectivity index (χ0n) is 9.40. The van der Waals surface area contributed by atoms with Crippen LogP contribution in [0.3, 0.4) is 0 Å². The van der Waals surface area contributed by atoms with Crippen LogP contribution in [0, 0.1) is 6.92 Å². The number of rotatable bonds is 2. The van der Waals surface area contributed by atoms with Crippen molar-refractivity contribution in [1.82, 2.24) is 14.5 Å². The molecule has 0 atom stereocenters. The second-order valence-corrected chi connectivity index (χ2v) is 3.84. The lowest BCUT2D eigenvalue weighted by molar-refractivity contribution is 0.666. The summed E-state index contributed by atoms with van der Waals surface area (Å²) in [6.45, 7) is 4.83. The molecule has 0 aliphatic carbocycles. The van der Waals surface area contributed by atoms with Crippen molar-refractivity contribution in [3.63, 3.8) is 0 Å². The molecule has 2 aliphatic rings. The minimum atomic E-state index is -0.309. The van der Waals surface area contributed by atoms with Crippen molar-refractivity contribution in [1.29, 1.82) is 0 Å². The highest BCUT2D eigenvalue weighted by molar-refractivity contribution is 5.58. The normalized spacial score (nSPS) is 10.9. The van der Waals surface area contributed by atoms with Crippen LogP contribution in [0.2, 0.25) is 0 Å². The number of nitrogens with two attached hydrogens (primary N) is 1. The van der Waals surface area contributed by atoms with Crippen LogP contribution in [0.5, 0.6) is 0 Å². The van der Waals surface area contributed by atoms with Crippen LogP contribution in [0.4, 0.5) is 5.95 Å². The summed E-state index contributed by atoms with van der Waals surface area (Å²) in [5.74, 6) is 0.649.